The Kier molecular flexibility index (Phi) is 6.20. The quantitative estimate of drug-likeness (QED) is 0.537. The Balaban J connectivity index is 1.76. The molecule has 1 saturated heterocycles. The molecular weight excluding hydrogens is 348 g/mol. The van der Waals surface area contributed by atoms with Crippen LogP contribution in [0.5, 0.6) is 0 Å². The van der Waals surface area contributed by atoms with Crippen molar-refractivity contribution in [3.8, 4) is 0 Å². The van der Waals surface area contributed by atoms with E-state index in [1.165, 1.54) is 9.13 Å². The van der Waals surface area contributed by atoms with E-state index in [0.717, 1.165) is 19.6 Å². The zero-order valence-corrected chi connectivity index (χ0v) is 15.2. The van der Waals surface area contributed by atoms with Gasteiger partial charge in [-0.25, -0.2) is 0 Å². The number of hydrogen-bond acceptors (Lipinski definition) is 5. The van der Waals surface area contributed by atoms with Crippen molar-refractivity contribution < 1.29 is 9.53 Å². The van der Waals surface area contributed by atoms with Gasteiger partial charge in [-0.2, -0.15) is 0 Å². The number of carbonyl (C=O) groups excluding carboxylic acids is 1. The van der Waals surface area contributed by atoms with Gasteiger partial charge in [-0.1, -0.05) is 18.2 Å². The Hall–Kier alpha value is -2.71. The smallest absolute Gasteiger partial charge is 0.317 e. The number of para-hydroxylation sites is 2. The average Bonchev–Trinajstić information content (AvgIpc) is 2.69. The topological polar surface area (TPSA) is 85.6 Å². The number of amides is 1. The molecule has 0 spiro atoms. The fraction of sp³-hybridized carbons (Fsp3) is 0.421. The number of hydrogen-bond donors (Lipinski definition) is 1. The van der Waals surface area contributed by atoms with Gasteiger partial charge in [0.05, 0.1) is 24.2 Å². The first-order valence-electron chi connectivity index (χ1n) is 9.02. The predicted octanol–water partition coefficient (Wildman–Crippen LogP) is -0.202. The second-order valence-corrected chi connectivity index (χ2v) is 6.39. The molecule has 0 unspecified atom stereocenters. The third kappa shape index (κ3) is 4.35. The Bertz CT molecular complexity index is 941. The van der Waals surface area contributed by atoms with Gasteiger partial charge < -0.3 is 10.1 Å². The van der Waals surface area contributed by atoms with E-state index < -0.39 is 11.1 Å². The number of rotatable bonds is 7. The van der Waals surface area contributed by atoms with E-state index in [1.807, 2.05) is 0 Å². The molecule has 0 saturated carbocycles. The lowest BCUT2D eigenvalue weighted by Crippen LogP contribution is -2.45. The number of allylic oxidation sites excluding steroid dienone is 1. The maximum Gasteiger partial charge on any atom is 0.317 e. The number of benzene rings is 1. The summed E-state index contributed by atoms with van der Waals surface area (Å²) < 4.78 is 7.90. The molecule has 1 fully saturated rings. The molecule has 1 aliphatic rings. The molecule has 1 aromatic heterocycles. The Morgan fingerprint density at radius 1 is 1.11 bits per heavy atom. The molecule has 2 heterocycles. The molecule has 8 nitrogen and oxygen atoms in total. The normalized spacial score (nSPS) is 15.0. The summed E-state index contributed by atoms with van der Waals surface area (Å²) in [6.07, 6.45) is 1.57. The Morgan fingerprint density at radius 2 is 1.74 bits per heavy atom. The summed E-state index contributed by atoms with van der Waals surface area (Å²) in [4.78, 5) is 39.5. The third-order valence-electron chi connectivity index (χ3n) is 4.60. The minimum absolute atomic E-state index is 0.188. The maximum absolute atomic E-state index is 12.5. The monoisotopic (exact) mass is 372 g/mol. The lowest BCUT2D eigenvalue weighted by molar-refractivity contribution is -0.121. The van der Waals surface area contributed by atoms with Gasteiger partial charge in [0.15, 0.2) is 0 Å². The SMILES string of the molecule is C=CCn1c(=O)c(=O)n(CC(=O)NCCN2CCOCC2)c2ccccc21. The van der Waals surface area contributed by atoms with Crippen LogP contribution in [0.2, 0.25) is 0 Å². The molecule has 0 radical (unpaired) electrons. The van der Waals surface area contributed by atoms with Crippen LogP contribution < -0.4 is 16.4 Å². The van der Waals surface area contributed by atoms with E-state index in [1.54, 1.807) is 30.3 Å². The first-order chi connectivity index (χ1) is 13.1. The molecule has 1 amide bonds. The summed E-state index contributed by atoms with van der Waals surface area (Å²) in [5.74, 6) is -0.295. The van der Waals surface area contributed by atoms with Crippen molar-refractivity contribution in [3.05, 3.63) is 57.6 Å². The second-order valence-electron chi connectivity index (χ2n) is 6.39. The van der Waals surface area contributed by atoms with Crippen molar-refractivity contribution in [2.24, 2.45) is 0 Å². The third-order valence-corrected chi connectivity index (χ3v) is 4.60. The highest BCUT2D eigenvalue weighted by Gasteiger charge is 2.15. The highest BCUT2D eigenvalue weighted by molar-refractivity contribution is 5.80. The summed E-state index contributed by atoms with van der Waals surface area (Å²) in [5, 5.41) is 2.82. The molecule has 2 aromatic rings. The second kappa shape index (κ2) is 8.79. The largest absolute Gasteiger partial charge is 0.379 e. The molecule has 0 aliphatic carbocycles. The Labute approximate surface area is 156 Å². The van der Waals surface area contributed by atoms with Crippen LogP contribution in [0.3, 0.4) is 0 Å². The number of fused-ring (bicyclic) bond motifs is 1. The maximum atomic E-state index is 12.5. The van der Waals surface area contributed by atoms with Crippen LogP contribution in [0.4, 0.5) is 0 Å². The molecule has 8 heteroatoms. The zero-order chi connectivity index (χ0) is 19.2. The zero-order valence-electron chi connectivity index (χ0n) is 15.2. The van der Waals surface area contributed by atoms with Gasteiger partial charge in [0.25, 0.3) is 0 Å². The van der Waals surface area contributed by atoms with Gasteiger partial charge in [-0.05, 0) is 12.1 Å². The average molecular weight is 372 g/mol. The molecule has 1 N–H and O–H groups in total. The summed E-state index contributed by atoms with van der Waals surface area (Å²) in [6.45, 7) is 8.00. The van der Waals surface area contributed by atoms with Gasteiger partial charge in [0, 0.05) is 32.7 Å². The molecular formula is C19H24N4O4. The number of aromatic nitrogens is 2. The number of ether oxygens (including phenoxy) is 1. The van der Waals surface area contributed by atoms with Gasteiger partial charge >= 0.3 is 11.1 Å². The Morgan fingerprint density at radius 3 is 2.41 bits per heavy atom. The number of carbonyl (C=O) groups is 1. The van der Waals surface area contributed by atoms with Crippen LogP contribution in [0.15, 0.2) is 46.5 Å². The minimum Gasteiger partial charge on any atom is -0.379 e. The van der Waals surface area contributed by atoms with Gasteiger partial charge in [-0.3, -0.25) is 28.4 Å². The lowest BCUT2D eigenvalue weighted by atomic mass is 10.2. The van der Waals surface area contributed by atoms with Gasteiger partial charge in [0.1, 0.15) is 6.54 Å². The summed E-state index contributed by atoms with van der Waals surface area (Å²) in [7, 11) is 0. The predicted molar refractivity (Wildman–Crippen MR) is 103 cm³/mol. The van der Waals surface area contributed by atoms with E-state index in [2.05, 4.69) is 16.8 Å². The highest BCUT2D eigenvalue weighted by atomic mass is 16.5. The van der Waals surface area contributed by atoms with Crippen molar-refractivity contribution >= 4 is 16.9 Å². The summed E-state index contributed by atoms with van der Waals surface area (Å²) >= 11 is 0. The van der Waals surface area contributed by atoms with Crippen molar-refractivity contribution in [3.63, 3.8) is 0 Å². The van der Waals surface area contributed by atoms with Crippen LogP contribution in [0, 0.1) is 0 Å². The van der Waals surface area contributed by atoms with Crippen LogP contribution in [-0.4, -0.2) is 59.3 Å². The lowest BCUT2D eigenvalue weighted by Gasteiger charge is -2.26. The number of nitrogens with one attached hydrogen (secondary N) is 1. The molecule has 0 bridgehead atoms. The highest BCUT2D eigenvalue weighted by Crippen LogP contribution is 2.10. The molecule has 3 rings (SSSR count). The number of nitrogens with zero attached hydrogens (tertiary/aromatic N) is 3. The van der Waals surface area contributed by atoms with E-state index in [0.29, 0.717) is 30.8 Å². The first-order valence-corrected chi connectivity index (χ1v) is 9.02. The number of morpholine rings is 1. The minimum atomic E-state index is -0.709. The first kappa shape index (κ1) is 19.1. The van der Waals surface area contributed by atoms with Crippen LogP contribution in [0.1, 0.15) is 0 Å². The fourth-order valence-corrected chi connectivity index (χ4v) is 3.22. The van der Waals surface area contributed by atoms with E-state index >= 15 is 0 Å². The molecule has 0 atom stereocenters. The van der Waals surface area contributed by atoms with Gasteiger partial charge in [0.2, 0.25) is 5.91 Å². The van der Waals surface area contributed by atoms with Crippen molar-refractivity contribution in [1.82, 2.24) is 19.4 Å². The molecule has 1 aliphatic heterocycles. The van der Waals surface area contributed by atoms with Crippen LogP contribution in [-0.2, 0) is 22.6 Å². The molecule has 144 valence electrons. The summed E-state index contributed by atoms with van der Waals surface area (Å²) in [5.41, 5.74) is -0.219. The standard InChI is InChI=1S/C19H24N4O4/c1-2-8-22-15-5-3-4-6-16(15)23(19(26)18(22)25)14-17(24)20-7-9-21-10-12-27-13-11-21/h2-6H,1,7-14H2,(H,20,24). The molecule has 27 heavy (non-hydrogen) atoms. The van der Waals surface area contributed by atoms with E-state index in [-0.39, 0.29) is 19.0 Å². The summed E-state index contributed by atoms with van der Waals surface area (Å²) in [6, 6.07) is 7.05. The van der Waals surface area contributed by atoms with Crippen molar-refractivity contribution in [2.45, 2.75) is 13.1 Å². The van der Waals surface area contributed by atoms with Crippen molar-refractivity contribution in [2.75, 3.05) is 39.4 Å². The van der Waals surface area contributed by atoms with Crippen LogP contribution >= 0.6 is 0 Å². The molecule has 1 aromatic carbocycles. The van der Waals surface area contributed by atoms with E-state index in [4.69, 9.17) is 4.74 Å². The fourth-order valence-electron chi connectivity index (χ4n) is 3.22. The van der Waals surface area contributed by atoms with Gasteiger partial charge in [-0.15, -0.1) is 6.58 Å². The van der Waals surface area contributed by atoms with Crippen LogP contribution in [0.25, 0.3) is 11.0 Å². The van der Waals surface area contributed by atoms with Crippen molar-refractivity contribution in [1.29, 1.82) is 0 Å². The van der Waals surface area contributed by atoms with E-state index in [9.17, 15) is 14.4 Å².